The summed E-state index contributed by atoms with van der Waals surface area (Å²) in [5.41, 5.74) is 1.27. The molecule has 0 aliphatic carbocycles. The van der Waals surface area contributed by atoms with Gasteiger partial charge in [-0.25, -0.2) is 13.9 Å². The van der Waals surface area contributed by atoms with Gasteiger partial charge in [-0.3, -0.25) is 9.59 Å². The van der Waals surface area contributed by atoms with Gasteiger partial charge in [0.2, 0.25) is 5.91 Å². The van der Waals surface area contributed by atoms with E-state index in [1.165, 1.54) is 10.6 Å². The van der Waals surface area contributed by atoms with Gasteiger partial charge in [-0.2, -0.15) is 0 Å². The predicted octanol–water partition coefficient (Wildman–Crippen LogP) is 3.16. The van der Waals surface area contributed by atoms with Gasteiger partial charge in [0.1, 0.15) is 12.3 Å². The maximum atomic E-state index is 12.7. The van der Waals surface area contributed by atoms with Crippen molar-refractivity contribution in [1.82, 2.24) is 14.2 Å². The average Bonchev–Trinajstić information content (AvgIpc) is 3.10. The summed E-state index contributed by atoms with van der Waals surface area (Å²) in [4.78, 5) is 37.6. The zero-order valence-electron chi connectivity index (χ0n) is 16.9. The number of fused-ring (bicyclic) bond motifs is 1. The lowest BCUT2D eigenvalue weighted by molar-refractivity contribution is -0.117. The van der Waals surface area contributed by atoms with E-state index in [2.05, 4.69) is 31.7 Å². The van der Waals surface area contributed by atoms with E-state index in [9.17, 15) is 14.4 Å². The Kier molecular flexibility index (Phi) is 6.04. The molecule has 162 valence electrons. The van der Waals surface area contributed by atoms with E-state index in [4.69, 9.17) is 4.74 Å². The van der Waals surface area contributed by atoms with E-state index >= 15 is 0 Å². The number of carbonyl (C=O) groups is 2. The molecule has 0 aliphatic rings. The Balaban J connectivity index is 1.50. The zero-order chi connectivity index (χ0) is 22.7. The molecule has 4 aromatic rings. The molecule has 0 bridgehead atoms. The summed E-state index contributed by atoms with van der Waals surface area (Å²) in [6, 6.07) is 17.1. The summed E-state index contributed by atoms with van der Waals surface area (Å²) in [5.74, 6) is -0.104. The van der Waals surface area contributed by atoms with Crippen molar-refractivity contribution in [3.05, 3.63) is 87.4 Å². The molecule has 0 aliphatic heterocycles. The van der Waals surface area contributed by atoms with Crippen LogP contribution in [0.15, 0.2) is 76.1 Å². The molecule has 2 aromatic carbocycles. The normalized spacial score (nSPS) is 10.7. The van der Waals surface area contributed by atoms with Crippen LogP contribution in [-0.2, 0) is 11.3 Å². The largest absolute Gasteiger partial charge is 0.497 e. The number of pyridine rings is 1. The van der Waals surface area contributed by atoms with Gasteiger partial charge in [0.25, 0.3) is 5.91 Å². The molecule has 10 heteroatoms. The van der Waals surface area contributed by atoms with Crippen LogP contribution >= 0.6 is 15.9 Å². The lowest BCUT2D eigenvalue weighted by atomic mass is 10.2. The summed E-state index contributed by atoms with van der Waals surface area (Å²) in [5, 5.41) is 9.64. The number of nitrogens with one attached hydrogen (secondary N) is 2. The number of carbonyl (C=O) groups excluding carboxylic acids is 2. The molecule has 0 radical (unpaired) electrons. The fourth-order valence-corrected chi connectivity index (χ4v) is 3.27. The van der Waals surface area contributed by atoms with Crippen LogP contribution in [0.2, 0.25) is 0 Å². The Morgan fingerprint density at radius 1 is 0.969 bits per heavy atom. The second-order valence-corrected chi connectivity index (χ2v) is 7.74. The van der Waals surface area contributed by atoms with Gasteiger partial charge in [0, 0.05) is 22.0 Å². The Labute approximate surface area is 190 Å². The number of ether oxygens (including phenoxy) is 1. The van der Waals surface area contributed by atoms with Gasteiger partial charge in [0.15, 0.2) is 5.65 Å². The van der Waals surface area contributed by atoms with Gasteiger partial charge in [0.05, 0.1) is 12.7 Å². The van der Waals surface area contributed by atoms with Crippen LogP contribution in [-0.4, -0.2) is 33.1 Å². The number of hydrogen-bond acceptors (Lipinski definition) is 5. The van der Waals surface area contributed by atoms with Crippen molar-refractivity contribution in [2.24, 2.45) is 0 Å². The van der Waals surface area contributed by atoms with Gasteiger partial charge < -0.3 is 15.4 Å². The van der Waals surface area contributed by atoms with E-state index in [-0.39, 0.29) is 18.0 Å². The van der Waals surface area contributed by atoms with Crippen molar-refractivity contribution in [2.45, 2.75) is 6.54 Å². The quantitative estimate of drug-likeness (QED) is 0.427. The van der Waals surface area contributed by atoms with Gasteiger partial charge in [-0.05, 0) is 60.7 Å². The molecule has 0 saturated carbocycles. The number of nitrogens with zero attached hydrogens (tertiary/aromatic N) is 3. The van der Waals surface area contributed by atoms with Gasteiger partial charge >= 0.3 is 5.69 Å². The van der Waals surface area contributed by atoms with E-state index in [0.29, 0.717) is 22.8 Å². The van der Waals surface area contributed by atoms with Crippen molar-refractivity contribution in [3.63, 3.8) is 0 Å². The van der Waals surface area contributed by atoms with Gasteiger partial charge in [-0.15, -0.1) is 5.10 Å². The van der Waals surface area contributed by atoms with Crippen LogP contribution in [0.3, 0.4) is 0 Å². The van der Waals surface area contributed by atoms with Crippen LogP contribution in [0.4, 0.5) is 11.4 Å². The maximum Gasteiger partial charge on any atom is 0.350 e. The lowest BCUT2D eigenvalue weighted by Gasteiger charge is -2.06. The van der Waals surface area contributed by atoms with Crippen LogP contribution < -0.4 is 21.1 Å². The van der Waals surface area contributed by atoms with Crippen molar-refractivity contribution in [1.29, 1.82) is 0 Å². The summed E-state index contributed by atoms with van der Waals surface area (Å²) in [7, 11) is 1.56. The minimum atomic E-state index is -0.523. The smallest absolute Gasteiger partial charge is 0.350 e. The number of benzene rings is 2. The third-order valence-electron chi connectivity index (χ3n) is 4.61. The molecular weight excluding hydrogens is 478 g/mol. The van der Waals surface area contributed by atoms with Gasteiger partial charge in [-0.1, -0.05) is 15.9 Å². The van der Waals surface area contributed by atoms with Crippen LogP contribution in [0.1, 0.15) is 10.4 Å². The number of aromatic nitrogens is 3. The number of hydrogen-bond donors (Lipinski definition) is 2. The first-order valence-electron chi connectivity index (χ1n) is 9.53. The highest BCUT2D eigenvalue weighted by Crippen LogP contribution is 2.16. The lowest BCUT2D eigenvalue weighted by Crippen LogP contribution is -2.28. The highest BCUT2D eigenvalue weighted by atomic mass is 79.9. The summed E-state index contributed by atoms with van der Waals surface area (Å²) >= 11 is 3.33. The number of methoxy groups -OCH3 is 1. The highest BCUT2D eigenvalue weighted by Gasteiger charge is 2.14. The fourth-order valence-electron chi connectivity index (χ4n) is 3.00. The van der Waals surface area contributed by atoms with Crippen molar-refractivity contribution in [3.8, 4) is 5.75 Å². The molecule has 0 fully saturated rings. The number of amides is 2. The number of rotatable bonds is 6. The molecule has 0 unspecified atom stereocenters. The molecule has 32 heavy (non-hydrogen) atoms. The van der Waals surface area contributed by atoms with Crippen LogP contribution in [0.5, 0.6) is 5.75 Å². The van der Waals surface area contributed by atoms with E-state index in [0.717, 1.165) is 9.15 Å². The average molecular weight is 496 g/mol. The molecule has 0 saturated heterocycles. The Bertz CT molecular complexity index is 1340. The molecule has 9 nitrogen and oxygen atoms in total. The van der Waals surface area contributed by atoms with E-state index < -0.39 is 11.6 Å². The van der Waals surface area contributed by atoms with Crippen LogP contribution in [0, 0.1) is 0 Å². The molecule has 0 atom stereocenters. The number of halogens is 1. The second kappa shape index (κ2) is 9.06. The summed E-state index contributed by atoms with van der Waals surface area (Å²) in [6.07, 6.45) is 1.40. The molecule has 2 heterocycles. The first-order valence-corrected chi connectivity index (χ1v) is 10.3. The maximum absolute atomic E-state index is 12.7. The highest BCUT2D eigenvalue weighted by molar-refractivity contribution is 9.10. The summed E-state index contributed by atoms with van der Waals surface area (Å²) in [6.45, 7) is -0.260. The number of anilines is 2. The van der Waals surface area contributed by atoms with Crippen molar-refractivity contribution < 1.29 is 14.3 Å². The fraction of sp³-hybridized carbons (Fsp3) is 0.0909. The first-order chi connectivity index (χ1) is 15.4. The SMILES string of the molecule is COc1ccc(NC(=O)c2ccc3nn(CC(=O)Nc4ccc(Br)cc4)c(=O)n3c2)cc1. The molecular formula is C22H18BrN5O4. The summed E-state index contributed by atoms with van der Waals surface area (Å²) < 4.78 is 8.27. The Morgan fingerprint density at radius 2 is 1.62 bits per heavy atom. The third kappa shape index (κ3) is 4.70. The Morgan fingerprint density at radius 3 is 2.31 bits per heavy atom. The second-order valence-electron chi connectivity index (χ2n) is 6.82. The first kappa shape index (κ1) is 21.3. The molecule has 2 N–H and O–H groups in total. The molecule has 0 spiro atoms. The van der Waals surface area contributed by atoms with Crippen molar-refractivity contribution >= 4 is 44.8 Å². The molecule has 2 aromatic heterocycles. The minimum absolute atomic E-state index is 0.260. The predicted molar refractivity (Wildman–Crippen MR) is 123 cm³/mol. The van der Waals surface area contributed by atoms with Crippen LogP contribution in [0.25, 0.3) is 5.65 Å². The van der Waals surface area contributed by atoms with Crippen molar-refractivity contribution in [2.75, 3.05) is 17.7 Å². The third-order valence-corrected chi connectivity index (χ3v) is 5.14. The molecule has 2 amide bonds. The monoisotopic (exact) mass is 495 g/mol. The minimum Gasteiger partial charge on any atom is -0.497 e. The van der Waals surface area contributed by atoms with E-state index in [1.807, 2.05) is 0 Å². The molecule has 4 rings (SSSR count). The Hall–Kier alpha value is -3.92. The topological polar surface area (TPSA) is 107 Å². The standard InChI is InChI=1S/C22H18BrN5O4/c1-32-18-9-7-17(8-10-18)25-21(30)14-2-11-19-26-28(22(31)27(19)12-14)13-20(29)24-16-5-3-15(23)4-6-16/h2-12H,13H2,1H3,(H,24,29)(H,25,30). The van der Waals surface area contributed by atoms with E-state index in [1.54, 1.807) is 67.8 Å². The zero-order valence-corrected chi connectivity index (χ0v) is 18.5.